The van der Waals surface area contributed by atoms with E-state index in [0.29, 0.717) is 0 Å². The lowest BCUT2D eigenvalue weighted by Crippen LogP contribution is -2.36. The Morgan fingerprint density at radius 2 is 1.89 bits per heavy atom. The van der Waals surface area contributed by atoms with E-state index in [1.165, 1.54) is 0 Å². The van der Waals surface area contributed by atoms with Crippen LogP contribution in [0.3, 0.4) is 0 Å². The zero-order valence-electron chi connectivity index (χ0n) is 11.3. The van der Waals surface area contributed by atoms with E-state index < -0.39 is 0 Å². The number of nitrogens with zero attached hydrogens (tertiary/aromatic N) is 1. The number of aliphatic hydroxyl groups excluding tert-OH is 1. The van der Waals surface area contributed by atoms with Crippen LogP contribution >= 0.6 is 0 Å². The summed E-state index contributed by atoms with van der Waals surface area (Å²) in [4.78, 5) is 14.3. The molecule has 0 bridgehead atoms. The average Bonchev–Trinajstić information content (AvgIpc) is 2.42. The quantitative estimate of drug-likeness (QED) is 0.568. The minimum Gasteiger partial charge on any atom is -0.396 e. The number of Topliss-reactive ketones (excluding diaryl/α,β-unsaturated/α-hetero) is 1. The first-order chi connectivity index (χ1) is 8.66. The van der Waals surface area contributed by atoms with Crippen molar-refractivity contribution in [2.24, 2.45) is 0 Å². The van der Waals surface area contributed by atoms with Crippen LogP contribution in [0.5, 0.6) is 0 Å². The second-order valence-electron chi connectivity index (χ2n) is 4.67. The molecule has 1 aromatic carbocycles. The largest absolute Gasteiger partial charge is 0.396 e. The van der Waals surface area contributed by atoms with Gasteiger partial charge in [0, 0.05) is 12.2 Å². The number of hydrogen-bond acceptors (Lipinski definition) is 3. The van der Waals surface area contributed by atoms with Crippen molar-refractivity contribution >= 4 is 5.78 Å². The van der Waals surface area contributed by atoms with Gasteiger partial charge in [-0.1, -0.05) is 30.3 Å². The summed E-state index contributed by atoms with van der Waals surface area (Å²) in [6.07, 6.45) is 2.87. The fraction of sp³-hybridized carbons (Fsp3) is 0.533. The SMILES string of the molecule is CC(C(=O)c1ccccc1)N(C)CCCCCO. The lowest BCUT2D eigenvalue weighted by molar-refractivity contribution is 0.0866. The molecule has 3 heteroatoms. The highest BCUT2D eigenvalue weighted by Crippen LogP contribution is 2.09. The topological polar surface area (TPSA) is 40.5 Å². The third kappa shape index (κ3) is 4.59. The van der Waals surface area contributed by atoms with Crippen LogP contribution in [0.2, 0.25) is 0 Å². The molecule has 3 nitrogen and oxygen atoms in total. The molecular formula is C15H23NO2. The molecule has 0 aliphatic heterocycles. The Kier molecular flexibility index (Phi) is 6.61. The first-order valence-corrected chi connectivity index (χ1v) is 6.57. The number of carbonyl (C=O) groups excluding carboxylic acids is 1. The zero-order valence-corrected chi connectivity index (χ0v) is 11.3. The van der Waals surface area contributed by atoms with Crippen LogP contribution in [0.25, 0.3) is 0 Å². The molecule has 0 spiro atoms. The van der Waals surface area contributed by atoms with Gasteiger partial charge in [-0.15, -0.1) is 0 Å². The Hall–Kier alpha value is -1.19. The number of carbonyl (C=O) groups is 1. The lowest BCUT2D eigenvalue weighted by atomic mass is 10.0. The molecule has 0 fully saturated rings. The molecule has 1 aromatic rings. The molecule has 100 valence electrons. The Bertz CT molecular complexity index is 351. The van der Waals surface area contributed by atoms with Gasteiger partial charge in [0.25, 0.3) is 0 Å². The fourth-order valence-electron chi connectivity index (χ4n) is 1.89. The first-order valence-electron chi connectivity index (χ1n) is 6.57. The van der Waals surface area contributed by atoms with Gasteiger partial charge in [-0.3, -0.25) is 9.69 Å². The van der Waals surface area contributed by atoms with Crippen molar-refractivity contribution in [2.75, 3.05) is 20.2 Å². The van der Waals surface area contributed by atoms with Crippen molar-refractivity contribution in [1.82, 2.24) is 4.90 Å². The van der Waals surface area contributed by atoms with Gasteiger partial charge in [0.05, 0.1) is 6.04 Å². The maximum absolute atomic E-state index is 12.2. The maximum Gasteiger partial charge on any atom is 0.179 e. The van der Waals surface area contributed by atoms with E-state index in [1.54, 1.807) is 0 Å². The lowest BCUT2D eigenvalue weighted by Gasteiger charge is -2.23. The number of likely N-dealkylation sites (N-methyl/N-ethyl adjacent to an activating group) is 1. The molecule has 0 heterocycles. The third-order valence-electron chi connectivity index (χ3n) is 3.27. The normalized spacial score (nSPS) is 12.7. The van der Waals surface area contributed by atoms with Gasteiger partial charge in [0.2, 0.25) is 0 Å². The molecule has 0 amide bonds. The number of rotatable bonds is 8. The maximum atomic E-state index is 12.2. The number of unbranched alkanes of at least 4 members (excludes halogenated alkanes) is 2. The van der Waals surface area contributed by atoms with Gasteiger partial charge >= 0.3 is 0 Å². The van der Waals surface area contributed by atoms with Crippen molar-refractivity contribution in [3.8, 4) is 0 Å². The number of aliphatic hydroxyl groups is 1. The van der Waals surface area contributed by atoms with Gasteiger partial charge < -0.3 is 5.11 Å². The van der Waals surface area contributed by atoms with E-state index in [9.17, 15) is 4.79 Å². The molecule has 1 atom stereocenters. The summed E-state index contributed by atoms with van der Waals surface area (Å²) in [7, 11) is 1.98. The van der Waals surface area contributed by atoms with Crippen LogP contribution in [0.1, 0.15) is 36.5 Å². The Labute approximate surface area is 109 Å². The Morgan fingerprint density at radius 3 is 2.50 bits per heavy atom. The molecule has 0 saturated heterocycles. The van der Waals surface area contributed by atoms with Crippen molar-refractivity contribution in [2.45, 2.75) is 32.2 Å². The molecule has 18 heavy (non-hydrogen) atoms. The highest BCUT2D eigenvalue weighted by atomic mass is 16.2. The number of hydrogen-bond donors (Lipinski definition) is 1. The van der Waals surface area contributed by atoms with Crippen molar-refractivity contribution in [3.05, 3.63) is 35.9 Å². The van der Waals surface area contributed by atoms with E-state index >= 15 is 0 Å². The summed E-state index contributed by atoms with van der Waals surface area (Å²) in [5, 5.41) is 8.71. The van der Waals surface area contributed by atoms with E-state index in [1.807, 2.05) is 44.3 Å². The van der Waals surface area contributed by atoms with Crippen molar-refractivity contribution in [1.29, 1.82) is 0 Å². The van der Waals surface area contributed by atoms with E-state index in [4.69, 9.17) is 5.11 Å². The fourth-order valence-corrected chi connectivity index (χ4v) is 1.89. The van der Waals surface area contributed by atoms with Gasteiger partial charge in [0.15, 0.2) is 5.78 Å². The summed E-state index contributed by atoms with van der Waals surface area (Å²) in [6.45, 7) is 3.09. The second-order valence-corrected chi connectivity index (χ2v) is 4.67. The van der Waals surface area contributed by atoms with Gasteiger partial charge in [0.1, 0.15) is 0 Å². The van der Waals surface area contributed by atoms with Crippen molar-refractivity contribution in [3.63, 3.8) is 0 Å². The van der Waals surface area contributed by atoms with E-state index in [2.05, 4.69) is 4.90 Å². The van der Waals surface area contributed by atoms with Crippen LogP contribution < -0.4 is 0 Å². The van der Waals surface area contributed by atoms with Crippen LogP contribution in [-0.4, -0.2) is 42.0 Å². The predicted molar refractivity (Wildman–Crippen MR) is 73.8 cm³/mol. The van der Waals surface area contributed by atoms with Crippen LogP contribution in [0, 0.1) is 0 Å². The summed E-state index contributed by atoms with van der Waals surface area (Å²) in [5.41, 5.74) is 0.771. The third-order valence-corrected chi connectivity index (χ3v) is 3.27. The smallest absolute Gasteiger partial charge is 0.179 e. The monoisotopic (exact) mass is 249 g/mol. The Balaban J connectivity index is 2.43. The molecule has 0 aromatic heterocycles. The highest BCUT2D eigenvalue weighted by molar-refractivity contribution is 5.99. The minimum absolute atomic E-state index is 0.0958. The first kappa shape index (κ1) is 14.9. The van der Waals surface area contributed by atoms with Gasteiger partial charge in [-0.05, 0) is 39.8 Å². The molecule has 0 aliphatic carbocycles. The predicted octanol–water partition coefficient (Wildman–Crippen LogP) is 2.35. The molecule has 1 N–H and O–H groups in total. The standard InChI is InChI=1S/C15H23NO2/c1-13(16(2)11-7-4-8-12-17)15(18)14-9-5-3-6-10-14/h3,5-6,9-10,13,17H,4,7-8,11-12H2,1-2H3. The zero-order chi connectivity index (χ0) is 13.4. The summed E-state index contributed by atoms with van der Waals surface area (Å²) >= 11 is 0. The van der Waals surface area contributed by atoms with Gasteiger partial charge in [-0.25, -0.2) is 0 Å². The van der Waals surface area contributed by atoms with Crippen LogP contribution in [0.4, 0.5) is 0 Å². The summed E-state index contributed by atoms with van der Waals surface area (Å²) in [6, 6.07) is 9.32. The molecule has 0 radical (unpaired) electrons. The van der Waals surface area contributed by atoms with E-state index in [0.717, 1.165) is 31.4 Å². The molecule has 0 saturated carbocycles. The highest BCUT2D eigenvalue weighted by Gasteiger charge is 2.18. The summed E-state index contributed by atoms with van der Waals surface area (Å²) in [5.74, 6) is 0.167. The van der Waals surface area contributed by atoms with E-state index in [-0.39, 0.29) is 18.4 Å². The van der Waals surface area contributed by atoms with Gasteiger partial charge in [-0.2, -0.15) is 0 Å². The molecule has 1 unspecified atom stereocenters. The summed E-state index contributed by atoms with van der Waals surface area (Å²) < 4.78 is 0. The average molecular weight is 249 g/mol. The molecular weight excluding hydrogens is 226 g/mol. The van der Waals surface area contributed by atoms with Crippen LogP contribution in [0.15, 0.2) is 30.3 Å². The van der Waals surface area contributed by atoms with Crippen LogP contribution in [-0.2, 0) is 0 Å². The molecule has 1 rings (SSSR count). The second kappa shape index (κ2) is 8.01. The number of ketones is 1. The molecule has 0 aliphatic rings. The Morgan fingerprint density at radius 1 is 1.22 bits per heavy atom. The minimum atomic E-state index is -0.0958. The number of benzene rings is 1. The van der Waals surface area contributed by atoms with Crippen molar-refractivity contribution < 1.29 is 9.90 Å².